The lowest BCUT2D eigenvalue weighted by Crippen LogP contribution is -2.40. The van der Waals surface area contributed by atoms with Crippen LogP contribution in [0.3, 0.4) is 0 Å². The highest BCUT2D eigenvalue weighted by Crippen LogP contribution is 2.42. The second kappa shape index (κ2) is 9.73. The molecule has 1 saturated heterocycles. The number of aliphatic carboxylic acids is 1. The van der Waals surface area contributed by atoms with Crippen LogP contribution < -0.4 is 14.8 Å². The molecule has 2 aliphatic heterocycles. The molecule has 1 N–H and O–H groups in total. The minimum absolute atomic E-state index is 0.0728. The molecular weight excluding hydrogens is 466 g/mol. The molecule has 3 aliphatic rings. The lowest BCUT2D eigenvalue weighted by molar-refractivity contribution is -0.143. The van der Waals surface area contributed by atoms with Crippen LogP contribution in [0.15, 0.2) is 65.1 Å². The molecule has 1 fully saturated rings. The Balaban J connectivity index is 1.71. The van der Waals surface area contributed by atoms with Crippen LogP contribution in [0.4, 0.5) is 5.69 Å². The summed E-state index contributed by atoms with van der Waals surface area (Å²) in [6.45, 7) is 0.877. The summed E-state index contributed by atoms with van der Waals surface area (Å²) in [5, 5.41) is 11.3. The number of carboxylic acid groups (broad SMARTS) is 1. The maximum Gasteiger partial charge on any atom is 0.306 e. The summed E-state index contributed by atoms with van der Waals surface area (Å²) in [6.07, 6.45) is 0.944. The molecule has 0 radical (unpaired) electrons. The smallest absolute Gasteiger partial charge is 0.306 e. The Morgan fingerprint density at radius 3 is 2.38 bits per heavy atom. The number of anilines is 1. The van der Waals surface area contributed by atoms with E-state index in [1.165, 1.54) is 0 Å². The third kappa shape index (κ3) is 4.57. The largest absolute Gasteiger partial charge is 0.481 e. The van der Waals surface area contributed by atoms with Gasteiger partial charge in [0.25, 0.3) is 5.91 Å². The fraction of sp³-hybridized carbons (Fsp3) is 0.300. The van der Waals surface area contributed by atoms with Gasteiger partial charge in [0.15, 0.2) is 0 Å². The summed E-state index contributed by atoms with van der Waals surface area (Å²) in [7, 11) is 7.98. The highest BCUT2D eigenvalue weighted by molar-refractivity contribution is 6.09. The molecule has 37 heavy (non-hydrogen) atoms. The standard InChI is InChI=1S/C30H31N3O4/c1-31(2)20-9-11-24-26(17-20)37-27-18-21(32(3)4)10-12-25(27)28(24)22-7-5-6-8-23(22)29(34)33-15-13-19(14-16-33)30(35)36/h5-12,17-19H,13-16H2,1-4H3/p+1. The van der Waals surface area contributed by atoms with Gasteiger partial charge in [-0.25, -0.2) is 4.58 Å². The summed E-state index contributed by atoms with van der Waals surface area (Å²) in [4.78, 5) is 29.0. The first-order valence-electron chi connectivity index (χ1n) is 12.5. The number of rotatable bonds is 4. The van der Waals surface area contributed by atoms with Gasteiger partial charge in [-0.2, -0.15) is 0 Å². The van der Waals surface area contributed by atoms with Crippen molar-refractivity contribution in [1.29, 1.82) is 0 Å². The summed E-state index contributed by atoms with van der Waals surface area (Å²) in [5.74, 6) is -0.502. The van der Waals surface area contributed by atoms with Gasteiger partial charge in [-0.3, -0.25) is 9.59 Å². The fourth-order valence-electron chi connectivity index (χ4n) is 5.10. The van der Waals surface area contributed by atoms with Crippen molar-refractivity contribution < 1.29 is 19.1 Å². The van der Waals surface area contributed by atoms with Gasteiger partial charge in [-0.1, -0.05) is 18.2 Å². The maximum absolute atomic E-state index is 13.8. The number of carboxylic acids is 1. The summed E-state index contributed by atoms with van der Waals surface area (Å²) in [5.41, 5.74) is 5.11. The Morgan fingerprint density at radius 1 is 0.973 bits per heavy atom. The number of hydrogen-bond donors (Lipinski definition) is 1. The third-order valence-electron chi connectivity index (χ3n) is 7.28. The number of piperidine rings is 1. The van der Waals surface area contributed by atoms with Crippen LogP contribution in [0.5, 0.6) is 0 Å². The van der Waals surface area contributed by atoms with E-state index < -0.39 is 5.97 Å². The van der Waals surface area contributed by atoms with E-state index in [1.54, 1.807) is 4.90 Å². The second-order valence-electron chi connectivity index (χ2n) is 10.1. The maximum atomic E-state index is 13.8. The Hall–Kier alpha value is -4.13. The highest BCUT2D eigenvalue weighted by Gasteiger charge is 2.29. The molecule has 7 nitrogen and oxygen atoms in total. The van der Waals surface area contributed by atoms with E-state index in [0.29, 0.717) is 31.5 Å². The van der Waals surface area contributed by atoms with E-state index in [1.807, 2.05) is 74.1 Å². The van der Waals surface area contributed by atoms with Crippen LogP contribution in [0.1, 0.15) is 23.2 Å². The Bertz CT molecular complexity index is 1540. The predicted molar refractivity (Wildman–Crippen MR) is 146 cm³/mol. The fourth-order valence-corrected chi connectivity index (χ4v) is 5.10. The van der Waals surface area contributed by atoms with Gasteiger partial charge >= 0.3 is 5.97 Å². The first-order chi connectivity index (χ1) is 17.7. The monoisotopic (exact) mass is 498 g/mol. The van der Waals surface area contributed by atoms with Gasteiger partial charge in [0.1, 0.15) is 25.4 Å². The van der Waals surface area contributed by atoms with E-state index in [2.05, 4.69) is 24.3 Å². The molecule has 2 heterocycles. The minimum Gasteiger partial charge on any atom is -0.481 e. The van der Waals surface area contributed by atoms with Crippen LogP contribution in [0.25, 0.3) is 33.4 Å². The third-order valence-corrected chi connectivity index (χ3v) is 7.28. The number of nitrogens with zero attached hydrogens (tertiary/aromatic N) is 3. The number of amides is 1. The second-order valence-corrected chi connectivity index (χ2v) is 10.1. The van der Waals surface area contributed by atoms with Gasteiger partial charge < -0.3 is 19.3 Å². The molecule has 0 unspecified atom stereocenters. The van der Waals surface area contributed by atoms with Gasteiger partial charge in [-0.15, -0.1) is 0 Å². The van der Waals surface area contributed by atoms with Crippen molar-refractivity contribution in [2.75, 3.05) is 46.2 Å². The molecule has 1 amide bonds. The number of carbonyl (C=O) groups excluding carboxylic acids is 1. The van der Waals surface area contributed by atoms with Crippen molar-refractivity contribution in [3.63, 3.8) is 0 Å². The van der Waals surface area contributed by atoms with Crippen LogP contribution in [-0.2, 0) is 4.79 Å². The zero-order valence-corrected chi connectivity index (χ0v) is 21.7. The summed E-state index contributed by atoms with van der Waals surface area (Å²) in [6, 6.07) is 20.0. The van der Waals surface area contributed by atoms with E-state index >= 15 is 0 Å². The van der Waals surface area contributed by atoms with Gasteiger partial charge in [-0.05, 0) is 42.7 Å². The van der Waals surface area contributed by atoms with Crippen LogP contribution in [-0.4, -0.2) is 63.2 Å². The molecule has 0 aromatic heterocycles. The van der Waals surface area contributed by atoms with Crippen molar-refractivity contribution in [2.24, 2.45) is 5.92 Å². The highest BCUT2D eigenvalue weighted by atomic mass is 16.4. The van der Waals surface area contributed by atoms with Crippen LogP contribution >= 0.6 is 0 Å². The quantitative estimate of drug-likeness (QED) is 0.337. The van der Waals surface area contributed by atoms with Crippen molar-refractivity contribution in [3.8, 4) is 22.5 Å². The topological polar surface area (TPSA) is 77.0 Å². The number of fused-ring (bicyclic) bond motifs is 2. The van der Waals surface area contributed by atoms with Gasteiger partial charge in [0.05, 0.1) is 12.0 Å². The summed E-state index contributed by atoms with van der Waals surface area (Å²) < 4.78 is 8.47. The van der Waals surface area contributed by atoms with Crippen molar-refractivity contribution in [2.45, 2.75) is 12.8 Å². The number of likely N-dealkylation sites (tertiary alicyclic amines) is 1. The molecule has 1 aliphatic carbocycles. The lowest BCUT2D eigenvalue weighted by atomic mass is 9.89. The molecular formula is C30H32N3O4+. The Morgan fingerprint density at radius 2 is 1.70 bits per heavy atom. The van der Waals surface area contributed by atoms with E-state index in [9.17, 15) is 14.7 Å². The van der Waals surface area contributed by atoms with Gasteiger partial charge in [0, 0.05) is 67.1 Å². The zero-order valence-electron chi connectivity index (χ0n) is 21.7. The Kier molecular flexibility index (Phi) is 6.46. The van der Waals surface area contributed by atoms with Crippen LogP contribution in [0, 0.1) is 5.92 Å². The lowest BCUT2D eigenvalue weighted by Gasteiger charge is -2.31. The first kappa shape index (κ1) is 24.6. The minimum atomic E-state index is -0.785. The first-order valence-corrected chi connectivity index (χ1v) is 12.5. The number of hydrogen-bond acceptors (Lipinski definition) is 4. The van der Waals surface area contributed by atoms with Crippen LogP contribution in [0.2, 0.25) is 0 Å². The SMILES string of the molecule is CN(C)c1ccc2c(-c3ccccc3C(=O)N3CCC(C(=O)O)CC3)c3ccc(=[N+](C)C)cc-3oc2c1. The molecule has 0 spiro atoms. The molecule has 5 rings (SSSR count). The molecule has 2 aromatic rings. The molecule has 7 heteroatoms. The summed E-state index contributed by atoms with van der Waals surface area (Å²) >= 11 is 0. The molecule has 0 bridgehead atoms. The number of benzene rings is 3. The van der Waals surface area contributed by atoms with Crippen molar-refractivity contribution >= 4 is 28.5 Å². The molecule has 0 atom stereocenters. The average Bonchev–Trinajstić information content (AvgIpc) is 2.90. The van der Waals surface area contributed by atoms with Gasteiger partial charge in [0.2, 0.25) is 5.36 Å². The zero-order chi connectivity index (χ0) is 26.3. The molecule has 2 aromatic carbocycles. The normalized spacial score (nSPS) is 14.2. The van der Waals surface area contributed by atoms with E-state index in [0.717, 1.165) is 44.5 Å². The molecule has 0 saturated carbocycles. The van der Waals surface area contributed by atoms with E-state index in [4.69, 9.17) is 4.42 Å². The number of carbonyl (C=O) groups is 2. The average molecular weight is 499 g/mol. The van der Waals surface area contributed by atoms with E-state index in [-0.39, 0.29) is 11.8 Å². The van der Waals surface area contributed by atoms with Crippen molar-refractivity contribution in [3.05, 3.63) is 71.6 Å². The molecule has 190 valence electrons. The predicted octanol–water partition coefficient (Wildman–Crippen LogP) is 4.24. The van der Waals surface area contributed by atoms with Crippen molar-refractivity contribution in [1.82, 2.24) is 9.48 Å². The Labute approximate surface area is 216 Å².